The van der Waals surface area contributed by atoms with Crippen LogP contribution in [0.5, 0.6) is 0 Å². The molecule has 4 rings (SSSR count). The molecule has 1 aromatic heterocycles. The van der Waals surface area contributed by atoms with Gasteiger partial charge in [-0.25, -0.2) is 4.98 Å². The number of nitrogens with zero attached hydrogens (tertiary/aromatic N) is 1. The molecule has 1 amide bonds. The molecule has 0 spiro atoms. The lowest BCUT2D eigenvalue weighted by Crippen LogP contribution is -2.32. The molecule has 1 unspecified atom stereocenters. The standard InChI is InChI=1S/C22H22N2OS/c1-15-23-21(14-26-15)18-11-9-16(10-12-18)13-22(25)24-20-8-4-6-17-5-2-3-7-19(17)20/h2-3,5,7,9-12,14,20H,4,6,8,13H2,1H3,(H,24,25). The van der Waals surface area contributed by atoms with Crippen LogP contribution < -0.4 is 5.32 Å². The Morgan fingerprint density at radius 3 is 2.77 bits per heavy atom. The Hall–Kier alpha value is -2.46. The molecular formula is C22H22N2OS. The van der Waals surface area contributed by atoms with Crippen LogP contribution in [0.2, 0.25) is 0 Å². The van der Waals surface area contributed by atoms with E-state index in [1.165, 1.54) is 11.1 Å². The van der Waals surface area contributed by atoms with Crippen molar-refractivity contribution in [2.75, 3.05) is 0 Å². The molecule has 1 atom stereocenters. The highest BCUT2D eigenvalue weighted by Crippen LogP contribution is 2.29. The van der Waals surface area contributed by atoms with Crippen molar-refractivity contribution in [3.05, 3.63) is 75.6 Å². The number of aryl methyl sites for hydroxylation is 2. The van der Waals surface area contributed by atoms with Gasteiger partial charge in [-0.1, -0.05) is 48.5 Å². The summed E-state index contributed by atoms with van der Waals surface area (Å²) in [5.41, 5.74) is 5.78. The Morgan fingerprint density at radius 2 is 2.00 bits per heavy atom. The van der Waals surface area contributed by atoms with E-state index in [-0.39, 0.29) is 11.9 Å². The highest BCUT2D eigenvalue weighted by atomic mass is 32.1. The van der Waals surface area contributed by atoms with E-state index in [0.717, 1.165) is 41.1 Å². The van der Waals surface area contributed by atoms with Gasteiger partial charge in [0.25, 0.3) is 0 Å². The lowest BCUT2D eigenvalue weighted by Gasteiger charge is -2.26. The summed E-state index contributed by atoms with van der Waals surface area (Å²) < 4.78 is 0. The van der Waals surface area contributed by atoms with E-state index >= 15 is 0 Å². The van der Waals surface area contributed by atoms with E-state index in [0.29, 0.717) is 6.42 Å². The van der Waals surface area contributed by atoms with Crippen molar-refractivity contribution >= 4 is 17.2 Å². The molecule has 4 heteroatoms. The summed E-state index contributed by atoms with van der Waals surface area (Å²) in [6.45, 7) is 2.01. The molecule has 0 bridgehead atoms. The van der Waals surface area contributed by atoms with Crippen LogP contribution in [0.4, 0.5) is 0 Å². The molecule has 1 heterocycles. The molecule has 1 aliphatic carbocycles. The largest absolute Gasteiger partial charge is 0.349 e. The maximum atomic E-state index is 12.5. The third kappa shape index (κ3) is 3.70. The fourth-order valence-corrected chi connectivity index (χ4v) is 4.25. The number of hydrogen-bond donors (Lipinski definition) is 1. The van der Waals surface area contributed by atoms with Gasteiger partial charge in [0, 0.05) is 10.9 Å². The van der Waals surface area contributed by atoms with Crippen LogP contribution in [0, 0.1) is 6.92 Å². The van der Waals surface area contributed by atoms with Gasteiger partial charge in [-0.15, -0.1) is 11.3 Å². The summed E-state index contributed by atoms with van der Waals surface area (Å²) in [6.07, 6.45) is 3.67. The molecule has 26 heavy (non-hydrogen) atoms. The van der Waals surface area contributed by atoms with E-state index in [1.54, 1.807) is 11.3 Å². The highest BCUT2D eigenvalue weighted by Gasteiger charge is 2.21. The minimum Gasteiger partial charge on any atom is -0.349 e. The average Bonchev–Trinajstić information content (AvgIpc) is 3.09. The molecule has 2 aromatic carbocycles. The van der Waals surface area contributed by atoms with Gasteiger partial charge in [0.1, 0.15) is 0 Å². The van der Waals surface area contributed by atoms with Gasteiger partial charge in [0.15, 0.2) is 0 Å². The maximum Gasteiger partial charge on any atom is 0.224 e. The Morgan fingerprint density at radius 1 is 1.19 bits per heavy atom. The Kier molecular flexibility index (Phi) is 4.85. The lowest BCUT2D eigenvalue weighted by atomic mass is 9.87. The van der Waals surface area contributed by atoms with Crippen molar-refractivity contribution in [3.8, 4) is 11.3 Å². The summed E-state index contributed by atoms with van der Waals surface area (Å²) in [5, 5.41) is 6.36. The molecule has 0 fully saturated rings. The molecule has 1 N–H and O–H groups in total. The minimum atomic E-state index is 0.0870. The van der Waals surface area contributed by atoms with Gasteiger partial charge in [-0.3, -0.25) is 4.79 Å². The van der Waals surface area contributed by atoms with Gasteiger partial charge in [-0.05, 0) is 42.9 Å². The topological polar surface area (TPSA) is 42.0 Å². The smallest absolute Gasteiger partial charge is 0.224 e. The van der Waals surface area contributed by atoms with Gasteiger partial charge in [0.2, 0.25) is 5.91 Å². The molecule has 132 valence electrons. The number of carbonyl (C=O) groups is 1. The molecule has 3 nitrogen and oxygen atoms in total. The van der Waals surface area contributed by atoms with E-state index in [2.05, 4.69) is 39.9 Å². The third-order valence-corrected chi connectivity index (χ3v) is 5.71. The second-order valence-electron chi connectivity index (χ2n) is 6.84. The highest BCUT2D eigenvalue weighted by molar-refractivity contribution is 7.09. The SMILES string of the molecule is Cc1nc(-c2ccc(CC(=O)NC3CCCc4ccccc43)cc2)cs1. The van der Waals surface area contributed by atoms with E-state index in [9.17, 15) is 4.79 Å². The number of thiazole rings is 1. The second-order valence-corrected chi connectivity index (χ2v) is 7.90. The van der Waals surface area contributed by atoms with Gasteiger partial charge in [0.05, 0.1) is 23.2 Å². The predicted molar refractivity (Wildman–Crippen MR) is 106 cm³/mol. The van der Waals surface area contributed by atoms with Crippen LogP contribution in [-0.4, -0.2) is 10.9 Å². The summed E-state index contributed by atoms with van der Waals surface area (Å²) in [6, 6.07) is 16.7. The van der Waals surface area contributed by atoms with Crippen molar-refractivity contribution in [1.29, 1.82) is 0 Å². The van der Waals surface area contributed by atoms with Crippen LogP contribution in [0.15, 0.2) is 53.9 Å². The fraction of sp³-hybridized carbons (Fsp3) is 0.273. The van der Waals surface area contributed by atoms with E-state index in [4.69, 9.17) is 0 Å². The number of hydrogen-bond acceptors (Lipinski definition) is 3. The molecule has 0 aliphatic heterocycles. The van der Waals surface area contributed by atoms with E-state index in [1.807, 2.05) is 31.2 Å². The molecule has 0 saturated carbocycles. The van der Waals surface area contributed by atoms with Crippen LogP contribution in [0.1, 0.15) is 40.6 Å². The lowest BCUT2D eigenvalue weighted by molar-refractivity contribution is -0.121. The molecule has 0 radical (unpaired) electrons. The van der Waals surface area contributed by atoms with Gasteiger partial charge < -0.3 is 5.32 Å². The number of fused-ring (bicyclic) bond motifs is 1. The normalized spacial score (nSPS) is 16.1. The summed E-state index contributed by atoms with van der Waals surface area (Å²) in [4.78, 5) is 17.0. The van der Waals surface area contributed by atoms with Gasteiger partial charge >= 0.3 is 0 Å². The first kappa shape index (κ1) is 17.0. The zero-order valence-corrected chi connectivity index (χ0v) is 15.7. The average molecular weight is 362 g/mol. The van der Waals surface area contributed by atoms with Crippen LogP contribution in [-0.2, 0) is 17.6 Å². The van der Waals surface area contributed by atoms with E-state index < -0.39 is 0 Å². The van der Waals surface area contributed by atoms with Gasteiger partial charge in [-0.2, -0.15) is 0 Å². The zero-order valence-electron chi connectivity index (χ0n) is 14.9. The summed E-state index contributed by atoms with van der Waals surface area (Å²) >= 11 is 1.65. The zero-order chi connectivity index (χ0) is 17.9. The first-order valence-corrected chi connectivity index (χ1v) is 9.95. The molecule has 0 saturated heterocycles. The van der Waals surface area contributed by atoms with Crippen LogP contribution in [0.25, 0.3) is 11.3 Å². The quantitative estimate of drug-likeness (QED) is 0.720. The number of carbonyl (C=O) groups excluding carboxylic acids is 1. The van der Waals surface area contributed by atoms with Crippen molar-refractivity contribution in [3.63, 3.8) is 0 Å². The second kappa shape index (κ2) is 7.42. The monoisotopic (exact) mass is 362 g/mol. The maximum absolute atomic E-state index is 12.5. The minimum absolute atomic E-state index is 0.0870. The number of rotatable bonds is 4. The first-order valence-electron chi connectivity index (χ1n) is 9.07. The number of amides is 1. The van der Waals surface area contributed by atoms with Crippen LogP contribution >= 0.6 is 11.3 Å². The number of benzene rings is 2. The number of nitrogens with one attached hydrogen (secondary N) is 1. The number of aromatic nitrogens is 1. The van der Waals surface area contributed by atoms with Crippen molar-refractivity contribution in [2.24, 2.45) is 0 Å². The van der Waals surface area contributed by atoms with Crippen molar-refractivity contribution in [2.45, 2.75) is 38.6 Å². The fourth-order valence-electron chi connectivity index (χ4n) is 3.62. The Labute approximate surface area is 158 Å². The van der Waals surface area contributed by atoms with Crippen molar-refractivity contribution < 1.29 is 4.79 Å². The molecule has 1 aliphatic rings. The summed E-state index contributed by atoms with van der Waals surface area (Å²) in [7, 11) is 0. The molecule has 3 aromatic rings. The van der Waals surface area contributed by atoms with Crippen LogP contribution in [0.3, 0.4) is 0 Å². The van der Waals surface area contributed by atoms with Crippen molar-refractivity contribution in [1.82, 2.24) is 10.3 Å². The Balaban J connectivity index is 1.41. The Bertz CT molecular complexity index is 914. The summed E-state index contributed by atoms with van der Waals surface area (Å²) in [5.74, 6) is 0.0870. The third-order valence-electron chi connectivity index (χ3n) is 4.94. The predicted octanol–water partition coefficient (Wildman–Crippen LogP) is 4.85. The first-order chi connectivity index (χ1) is 12.7. The molecular weight excluding hydrogens is 340 g/mol.